The summed E-state index contributed by atoms with van der Waals surface area (Å²) in [4.78, 5) is 27.3. The number of piperazine rings is 1. The van der Waals surface area contributed by atoms with Crippen molar-refractivity contribution in [3.05, 3.63) is 42.1 Å². The number of nitrogens with zero attached hydrogens (tertiary/aromatic N) is 5. The third kappa shape index (κ3) is 2.73. The van der Waals surface area contributed by atoms with E-state index in [2.05, 4.69) is 25.2 Å². The molecule has 2 fully saturated rings. The zero-order valence-electron chi connectivity index (χ0n) is 14.8. The number of nitrogens with one attached hydrogen (secondary N) is 1. The first-order valence-electron chi connectivity index (χ1n) is 9.23. The topological polar surface area (TPSA) is 96.2 Å². The summed E-state index contributed by atoms with van der Waals surface area (Å²) in [5, 5.41) is 14.0. The predicted molar refractivity (Wildman–Crippen MR) is 101 cm³/mol. The number of aromatic carboxylic acids is 1. The minimum atomic E-state index is -0.974. The van der Waals surface area contributed by atoms with Crippen LogP contribution in [0.4, 0.5) is 5.82 Å². The maximum absolute atomic E-state index is 11.7. The van der Waals surface area contributed by atoms with Gasteiger partial charge < -0.3 is 15.3 Å². The third-order valence-corrected chi connectivity index (χ3v) is 5.32. The molecule has 0 aromatic carbocycles. The molecule has 5 rings (SSSR count). The normalized spacial score (nSPS) is 17.4. The zero-order chi connectivity index (χ0) is 18.4. The number of carbonyl (C=O) groups is 1. The molecule has 0 spiro atoms. The van der Waals surface area contributed by atoms with Gasteiger partial charge in [0, 0.05) is 38.6 Å². The van der Waals surface area contributed by atoms with E-state index in [1.807, 2.05) is 10.8 Å². The fourth-order valence-corrected chi connectivity index (χ4v) is 3.84. The number of carboxylic acid groups (broad SMARTS) is 1. The Balaban J connectivity index is 1.75. The van der Waals surface area contributed by atoms with Crippen molar-refractivity contribution in [1.82, 2.24) is 24.8 Å². The summed E-state index contributed by atoms with van der Waals surface area (Å²) in [7, 11) is 0. The molecular weight excluding hydrogens is 344 g/mol. The van der Waals surface area contributed by atoms with Crippen molar-refractivity contribution in [3.8, 4) is 5.69 Å². The molecule has 0 bridgehead atoms. The van der Waals surface area contributed by atoms with Gasteiger partial charge in [-0.2, -0.15) is 0 Å². The van der Waals surface area contributed by atoms with Crippen molar-refractivity contribution in [2.45, 2.75) is 18.8 Å². The average molecular weight is 364 g/mol. The van der Waals surface area contributed by atoms with Crippen molar-refractivity contribution >= 4 is 22.8 Å². The quantitative estimate of drug-likeness (QED) is 0.729. The van der Waals surface area contributed by atoms with Crippen LogP contribution in [0.1, 0.15) is 34.7 Å². The molecule has 1 aliphatic carbocycles. The highest BCUT2D eigenvalue weighted by molar-refractivity contribution is 5.96. The van der Waals surface area contributed by atoms with Crippen molar-refractivity contribution < 1.29 is 9.90 Å². The second-order valence-electron chi connectivity index (χ2n) is 7.06. The van der Waals surface area contributed by atoms with Crippen LogP contribution in [0.3, 0.4) is 0 Å². The fraction of sp³-hybridized carbons (Fsp3) is 0.368. The van der Waals surface area contributed by atoms with Gasteiger partial charge in [-0.1, -0.05) is 0 Å². The molecule has 8 heteroatoms. The molecule has 3 aromatic heterocycles. The Kier molecular flexibility index (Phi) is 3.78. The van der Waals surface area contributed by atoms with Crippen LogP contribution in [0.25, 0.3) is 16.7 Å². The summed E-state index contributed by atoms with van der Waals surface area (Å²) >= 11 is 0. The van der Waals surface area contributed by atoms with E-state index in [4.69, 9.17) is 0 Å². The zero-order valence-corrected chi connectivity index (χ0v) is 14.8. The van der Waals surface area contributed by atoms with Gasteiger partial charge in [0.1, 0.15) is 17.8 Å². The lowest BCUT2D eigenvalue weighted by atomic mass is 10.1. The summed E-state index contributed by atoms with van der Waals surface area (Å²) in [6.07, 6.45) is 8.99. The Morgan fingerprint density at radius 3 is 2.78 bits per heavy atom. The highest BCUT2D eigenvalue weighted by Crippen LogP contribution is 2.46. The van der Waals surface area contributed by atoms with Crippen LogP contribution in [0.15, 0.2) is 31.0 Å². The molecule has 138 valence electrons. The summed E-state index contributed by atoms with van der Waals surface area (Å²) in [5.74, 6) is 0.466. The van der Waals surface area contributed by atoms with Gasteiger partial charge >= 0.3 is 5.97 Å². The molecule has 1 aliphatic heterocycles. The lowest BCUT2D eigenvalue weighted by Crippen LogP contribution is -2.44. The fourth-order valence-electron chi connectivity index (χ4n) is 3.84. The number of fused-ring (bicyclic) bond motifs is 1. The molecule has 0 unspecified atom stereocenters. The van der Waals surface area contributed by atoms with E-state index in [0.29, 0.717) is 11.6 Å². The van der Waals surface area contributed by atoms with Crippen LogP contribution in [-0.4, -0.2) is 56.8 Å². The second-order valence-corrected chi connectivity index (χ2v) is 7.06. The average Bonchev–Trinajstić information content (AvgIpc) is 3.48. The molecule has 1 saturated carbocycles. The van der Waals surface area contributed by atoms with Crippen molar-refractivity contribution in [2.75, 3.05) is 31.1 Å². The molecule has 2 N–H and O–H groups in total. The number of carboxylic acids is 1. The van der Waals surface area contributed by atoms with Gasteiger partial charge in [0.15, 0.2) is 0 Å². The SMILES string of the molecule is O=C(O)c1ccncc1-n1cc(C2CC2)c2c(N3CCNCC3)ncnc21. The van der Waals surface area contributed by atoms with E-state index in [0.717, 1.165) is 55.9 Å². The van der Waals surface area contributed by atoms with Crippen LogP contribution in [0, 0.1) is 0 Å². The van der Waals surface area contributed by atoms with Crippen molar-refractivity contribution in [3.63, 3.8) is 0 Å². The first-order chi connectivity index (χ1) is 13.2. The maximum Gasteiger partial charge on any atom is 0.337 e. The van der Waals surface area contributed by atoms with Crippen LogP contribution in [0.5, 0.6) is 0 Å². The van der Waals surface area contributed by atoms with Crippen molar-refractivity contribution in [2.24, 2.45) is 0 Å². The largest absolute Gasteiger partial charge is 0.478 e. The van der Waals surface area contributed by atoms with Crippen LogP contribution >= 0.6 is 0 Å². The predicted octanol–water partition coefficient (Wildman–Crippen LogP) is 1.80. The molecular formula is C19H20N6O2. The molecule has 3 aromatic rings. The highest BCUT2D eigenvalue weighted by Gasteiger charge is 2.31. The number of aromatic nitrogens is 4. The second kappa shape index (κ2) is 6.31. The molecule has 27 heavy (non-hydrogen) atoms. The van der Waals surface area contributed by atoms with Gasteiger partial charge in [0.25, 0.3) is 0 Å². The number of hydrogen-bond acceptors (Lipinski definition) is 6. The first-order valence-corrected chi connectivity index (χ1v) is 9.23. The maximum atomic E-state index is 11.7. The molecule has 0 radical (unpaired) electrons. The van der Waals surface area contributed by atoms with Crippen LogP contribution in [0.2, 0.25) is 0 Å². The lowest BCUT2D eigenvalue weighted by molar-refractivity contribution is 0.0697. The standard InChI is InChI=1S/C19H20N6O2/c26-19(27)13-3-4-21-9-15(13)25-10-14(12-1-2-12)16-17(22-11-23-18(16)25)24-7-5-20-6-8-24/h3-4,9-12,20H,1-2,5-8H2,(H,26,27). The third-order valence-electron chi connectivity index (χ3n) is 5.32. The van der Waals surface area contributed by atoms with E-state index >= 15 is 0 Å². The summed E-state index contributed by atoms with van der Waals surface area (Å²) in [5.41, 5.74) is 2.70. The van der Waals surface area contributed by atoms with Gasteiger partial charge in [-0.05, 0) is 30.4 Å². The first kappa shape index (κ1) is 16.2. The smallest absolute Gasteiger partial charge is 0.337 e. The Labute approximate surface area is 155 Å². The number of rotatable bonds is 4. The summed E-state index contributed by atoms with van der Waals surface area (Å²) in [6.45, 7) is 3.65. The molecule has 0 atom stereocenters. The van der Waals surface area contributed by atoms with Gasteiger partial charge in [-0.15, -0.1) is 0 Å². The van der Waals surface area contributed by atoms with E-state index < -0.39 is 5.97 Å². The summed E-state index contributed by atoms with van der Waals surface area (Å²) in [6, 6.07) is 1.53. The number of pyridine rings is 1. The van der Waals surface area contributed by atoms with Gasteiger partial charge in [0.2, 0.25) is 0 Å². The van der Waals surface area contributed by atoms with Gasteiger partial charge in [-0.25, -0.2) is 14.8 Å². The van der Waals surface area contributed by atoms with E-state index in [1.54, 1.807) is 12.5 Å². The Morgan fingerprint density at radius 1 is 1.22 bits per heavy atom. The van der Waals surface area contributed by atoms with Gasteiger partial charge in [0.05, 0.1) is 22.8 Å². The summed E-state index contributed by atoms with van der Waals surface area (Å²) < 4.78 is 1.87. The molecule has 4 heterocycles. The molecule has 0 amide bonds. The van der Waals surface area contributed by atoms with E-state index in [-0.39, 0.29) is 5.56 Å². The van der Waals surface area contributed by atoms with Crippen LogP contribution in [-0.2, 0) is 0 Å². The minimum Gasteiger partial charge on any atom is -0.478 e. The Morgan fingerprint density at radius 2 is 2.04 bits per heavy atom. The lowest BCUT2D eigenvalue weighted by Gasteiger charge is -2.29. The van der Waals surface area contributed by atoms with E-state index in [9.17, 15) is 9.90 Å². The number of hydrogen-bond donors (Lipinski definition) is 2. The monoisotopic (exact) mass is 364 g/mol. The van der Waals surface area contributed by atoms with Gasteiger partial charge in [-0.3, -0.25) is 9.55 Å². The Bertz CT molecular complexity index is 1020. The molecule has 1 saturated heterocycles. The van der Waals surface area contributed by atoms with Crippen molar-refractivity contribution in [1.29, 1.82) is 0 Å². The van der Waals surface area contributed by atoms with E-state index in [1.165, 1.54) is 17.8 Å². The highest BCUT2D eigenvalue weighted by atomic mass is 16.4. The number of anilines is 1. The Hall–Kier alpha value is -3.00. The molecule has 8 nitrogen and oxygen atoms in total. The van der Waals surface area contributed by atoms with Crippen LogP contribution < -0.4 is 10.2 Å². The minimum absolute atomic E-state index is 0.214. The molecule has 2 aliphatic rings.